The Balaban J connectivity index is 1.52. The molecule has 0 spiro atoms. The number of rotatable bonds is 6. The minimum Gasteiger partial charge on any atom is -0.161 e. The van der Waals surface area contributed by atoms with Crippen molar-refractivity contribution >= 4 is 23.5 Å². The molecular weight excluding hydrogens is 232 g/mol. The predicted octanol–water partition coefficient (Wildman–Crippen LogP) is 4.70. The van der Waals surface area contributed by atoms with Crippen LogP contribution in [-0.4, -0.2) is 17.3 Å². The molecule has 0 nitrogen and oxygen atoms in total. The van der Waals surface area contributed by atoms with Crippen molar-refractivity contribution in [2.45, 2.75) is 30.6 Å². The fourth-order valence-corrected chi connectivity index (χ4v) is 4.39. The molecule has 0 bridgehead atoms. The maximum absolute atomic E-state index is 2.20. The van der Waals surface area contributed by atoms with Crippen molar-refractivity contribution < 1.29 is 0 Å². The lowest BCUT2D eigenvalue weighted by molar-refractivity contribution is 0.623. The summed E-state index contributed by atoms with van der Waals surface area (Å²) >= 11 is 4.13. The first kappa shape index (κ1) is 12.4. The molecule has 0 unspecified atom stereocenters. The van der Waals surface area contributed by atoms with E-state index in [0.29, 0.717) is 0 Å². The molecule has 1 fully saturated rings. The molecule has 0 aromatic heterocycles. The molecule has 1 aliphatic rings. The van der Waals surface area contributed by atoms with Gasteiger partial charge in [0.25, 0.3) is 0 Å². The van der Waals surface area contributed by atoms with E-state index in [2.05, 4.69) is 42.1 Å². The maximum atomic E-state index is 2.20. The first-order valence-electron chi connectivity index (χ1n) is 6.21. The summed E-state index contributed by atoms with van der Waals surface area (Å²) in [5, 5.41) is 0. The van der Waals surface area contributed by atoms with E-state index in [1.807, 2.05) is 11.8 Å². The van der Waals surface area contributed by atoms with Gasteiger partial charge in [-0.2, -0.15) is 11.8 Å². The smallest absolute Gasteiger partial charge is 0.00722 e. The Bertz CT molecular complexity index is 278. The zero-order valence-electron chi connectivity index (χ0n) is 9.73. The van der Waals surface area contributed by atoms with Crippen molar-refractivity contribution in [2.75, 3.05) is 17.3 Å². The molecule has 1 aliphatic carbocycles. The molecule has 0 atom stereocenters. The van der Waals surface area contributed by atoms with Crippen LogP contribution in [0.3, 0.4) is 0 Å². The lowest BCUT2D eigenvalue weighted by Crippen LogP contribution is -1.98. The van der Waals surface area contributed by atoms with Crippen LogP contribution in [0.4, 0.5) is 0 Å². The van der Waals surface area contributed by atoms with Gasteiger partial charge >= 0.3 is 0 Å². The number of hydrogen-bond donors (Lipinski definition) is 0. The van der Waals surface area contributed by atoms with Crippen LogP contribution in [0.2, 0.25) is 0 Å². The van der Waals surface area contributed by atoms with Crippen molar-refractivity contribution in [2.24, 2.45) is 5.92 Å². The molecule has 2 rings (SSSR count). The summed E-state index contributed by atoms with van der Waals surface area (Å²) in [7, 11) is 0. The third-order valence-electron chi connectivity index (χ3n) is 3.07. The van der Waals surface area contributed by atoms with E-state index in [4.69, 9.17) is 0 Å². The van der Waals surface area contributed by atoms with Crippen molar-refractivity contribution in [1.29, 1.82) is 0 Å². The van der Waals surface area contributed by atoms with Crippen LogP contribution in [0, 0.1) is 5.92 Å². The van der Waals surface area contributed by atoms with Gasteiger partial charge in [-0.05, 0) is 36.6 Å². The van der Waals surface area contributed by atoms with Crippen molar-refractivity contribution in [3.8, 4) is 0 Å². The van der Waals surface area contributed by atoms with Crippen LogP contribution in [0.25, 0.3) is 0 Å². The summed E-state index contributed by atoms with van der Waals surface area (Å²) in [4.78, 5) is 1.41. The van der Waals surface area contributed by atoms with Gasteiger partial charge in [0.05, 0.1) is 0 Å². The molecule has 88 valence electrons. The summed E-state index contributed by atoms with van der Waals surface area (Å²) in [6.07, 6.45) is 5.92. The quantitative estimate of drug-likeness (QED) is 0.531. The molecule has 1 saturated carbocycles. The first-order valence-corrected chi connectivity index (χ1v) is 8.35. The maximum Gasteiger partial charge on any atom is 0.00722 e. The van der Waals surface area contributed by atoms with Crippen LogP contribution in [0.15, 0.2) is 35.2 Å². The monoisotopic (exact) mass is 252 g/mol. The topological polar surface area (TPSA) is 0 Å². The molecule has 2 heteroatoms. The highest BCUT2D eigenvalue weighted by Crippen LogP contribution is 2.28. The fraction of sp³-hybridized carbons (Fsp3) is 0.571. The summed E-state index contributed by atoms with van der Waals surface area (Å²) in [6.45, 7) is 0. The minimum atomic E-state index is 1.03. The Labute approximate surface area is 108 Å². The Kier molecular flexibility index (Phi) is 5.64. The normalized spacial score (nSPS) is 16.8. The summed E-state index contributed by atoms with van der Waals surface area (Å²) < 4.78 is 0. The SMILES string of the molecule is c1ccc(SCCSCC2CCCC2)cc1. The summed E-state index contributed by atoms with van der Waals surface area (Å²) in [6, 6.07) is 10.7. The van der Waals surface area contributed by atoms with E-state index in [9.17, 15) is 0 Å². The number of hydrogen-bond acceptors (Lipinski definition) is 2. The lowest BCUT2D eigenvalue weighted by Gasteiger charge is -2.07. The lowest BCUT2D eigenvalue weighted by atomic mass is 10.1. The molecule has 0 heterocycles. The van der Waals surface area contributed by atoms with E-state index in [1.54, 1.807) is 0 Å². The van der Waals surface area contributed by atoms with Gasteiger partial charge in [0, 0.05) is 16.4 Å². The second-order valence-corrected chi connectivity index (χ2v) is 6.71. The molecule has 0 amide bonds. The minimum absolute atomic E-state index is 1.03. The highest BCUT2D eigenvalue weighted by Gasteiger charge is 2.14. The fourth-order valence-electron chi connectivity index (χ4n) is 2.16. The van der Waals surface area contributed by atoms with Crippen molar-refractivity contribution in [1.82, 2.24) is 0 Å². The predicted molar refractivity (Wildman–Crippen MR) is 76.4 cm³/mol. The van der Waals surface area contributed by atoms with E-state index < -0.39 is 0 Å². The zero-order valence-corrected chi connectivity index (χ0v) is 11.4. The number of thioether (sulfide) groups is 2. The van der Waals surface area contributed by atoms with Crippen molar-refractivity contribution in [3.05, 3.63) is 30.3 Å². The summed E-state index contributed by atoms with van der Waals surface area (Å²) in [5.74, 6) is 4.99. The van der Waals surface area contributed by atoms with Crippen LogP contribution in [0.1, 0.15) is 25.7 Å². The van der Waals surface area contributed by atoms with Gasteiger partial charge in [-0.15, -0.1) is 11.8 Å². The van der Waals surface area contributed by atoms with Gasteiger partial charge in [-0.1, -0.05) is 31.0 Å². The third kappa shape index (κ3) is 4.42. The standard InChI is InChI=1S/C14H20S2/c1-2-8-14(9-3-1)16-11-10-15-12-13-6-4-5-7-13/h1-3,8-9,13H,4-7,10-12H2. The number of benzene rings is 1. The van der Waals surface area contributed by atoms with Crippen LogP contribution < -0.4 is 0 Å². The van der Waals surface area contributed by atoms with E-state index in [1.165, 1.54) is 47.8 Å². The first-order chi connectivity index (χ1) is 7.95. The molecule has 1 aromatic rings. The molecule has 0 saturated heterocycles. The molecule has 0 N–H and O–H groups in total. The summed E-state index contributed by atoms with van der Waals surface area (Å²) in [5.41, 5.74) is 0. The second kappa shape index (κ2) is 7.29. The Morgan fingerprint density at radius 1 is 1.00 bits per heavy atom. The second-order valence-electron chi connectivity index (χ2n) is 4.39. The molecule has 0 radical (unpaired) electrons. The van der Waals surface area contributed by atoms with E-state index >= 15 is 0 Å². The Morgan fingerprint density at radius 2 is 1.75 bits per heavy atom. The van der Waals surface area contributed by atoms with E-state index in [-0.39, 0.29) is 0 Å². The van der Waals surface area contributed by atoms with Crippen LogP contribution >= 0.6 is 23.5 Å². The average molecular weight is 252 g/mol. The van der Waals surface area contributed by atoms with Gasteiger partial charge in [-0.3, -0.25) is 0 Å². The van der Waals surface area contributed by atoms with Gasteiger partial charge in [0.2, 0.25) is 0 Å². The van der Waals surface area contributed by atoms with Gasteiger partial charge < -0.3 is 0 Å². The van der Waals surface area contributed by atoms with Gasteiger partial charge in [0.1, 0.15) is 0 Å². The Morgan fingerprint density at radius 3 is 2.50 bits per heavy atom. The zero-order chi connectivity index (χ0) is 11.1. The van der Waals surface area contributed by atoms with Crippen molar-refractivity contribution in [3.63, 3.8) is 0 Å². The van der Waals surface area contributed by atoms with Crippen LogP contribution in [-0.2, 0) is 0 Å². The molecule has 16 heavy (non-hydrogen) atoms. The highest BCUT2D eigenvalue weighted by atomic mass is 32.2. The average Bonchev–Trinajstić information content (AvgIpc) is 2.83. The third-order valence-corrected chi connectivity index (χ3v) is 5.54. The van der Waals surface area contributed by atoms with E-state index in [0.717, 1.165) is 5.92 Å². The Hall–Kier alpha value is -0.0800. The largest absolute Gasteiger partial charge is 0.161 e. The highest BCUT2D eigenvalue weighted by molar-refractivity contribution is 8.02. The molecule has 0 aliphatic heterocycles. The van der Waals surface area contributed by atoms with Gasteiger partial charge in [0.15, 0.2) is 0 Å². The van der Waals surface area contributed by atoms with Crippen LogP contribution in [0.5, 0.6) is 0 Å². The molecular formula is C14H20S2. The van der Waals surface area contributed by atoms with Gasteiger partial charge in [-0.25, -0.2) is 0 Å². The molecule has 1 aromatic carbocycles.